The number of nitrogens with one attached hydrogen (secondary N) is 1. The molecule has 0 atom stereocenters. The zero-order chi connectivity index (χ0) is 13.2. The molecule has 0 saturated heterocycles. The van der Waals surface area contributed by atoms with E-state index in [-0.39, 0.29) is 5.54 Å². The maximum atomic E-state index is 5.89. The molecule has 0 bridgehead atoms. The van der Waals surface area contributed by atoms with Gasteiger partial charge in [-0.3, -0.25) is 4.68 Å². The van der Waals surface area contributed by atoms with Gasteiger partial charge in [0.05, 0.1) is 16.1 Å². The molecule has 0 aromatic carbocycles. The zero-order valence-corrected chi connectivity index (χ0v) is 12.5. The molecule has 5 heteroatoms. The summed E-state index contributed by atoms with van der Waals surface area (Å²) < 4.78 is 2.83. The van der Waals surface area contributed by atoms with Gasteiger partial charge in [0.1, 0.15) is 0 Å². The SMILES string of the molecule is CC(C)(C)n1cc(CNCc2ccc(Cl)s2)cn1. The molecular formula is C13H18ClN3S. The summed E-state index contributed by atoms with van der Waals surface area (Å²) in [5.41, 5.74) is 1.24. The van der Waals surface area contributed by atoms with E-state index in [0.29, 0.717) is 0 Å². The van der Waals surface area contributed by atoms with E-state index in [9.17, 15) is 0 Å². The van der Waals surface area contributed by atoms with Crippen molar-refractivity contribution in [2.75, 3.05) is 0 Å². The molecule has 18 heavy (non-hydrogen) atoms. The molecule has 0 spiro atoms. The van der Waals surface area contributed by atoms with Crippen LogP contribution >= 0.6 is 22.9 Å². The van der Waals surface area contributed by atoms with Crippen LogP contribution in [0.2, 0.25) is 4.34 Å². The molecule has 0 radical (unpaired) electrons. The Morgan fingerprint density at radius 2 is 2.11 bits per heavy atom. The molecule has 2 aromatic rings. The summed E-state index contributed by atoms with van der Waals surface area (Å²) in [4.78, 5) is 1.25. The average molecular weight is 284 g/mol. The molecule has 0 saturated carbocycles. The highest BCUT2D eigenvalue weighted by Gasteiger charge is 2.13. The molecule has 2 rings (SSSR count). The van der Waals surface area contributed by atoms with Crippen molar-refractivity contribution in [3.8, 4) is 0 Å². The van der Waals surface area contributed by atoms with Gasteiger partial charge in [0.15, 0.2) is 0 Å². The molecule has 3 nitrogen and oxygen atoms in total. The standard InChI is InChI=1S/C13H18ClN3S/c1-13(2,3)17-9-10(7-16-17)6-15-8-11-4-5-12(14)18-11/h4-5,7,9,15H,6,8H2,1-3H3. The lowest BCUT2D eigenvalue weighted by atomic mass is 10.1. The first-order chi connectivity index (χ1) is 8.45. The highest BCUT2D eigenvalue weighted by molar-refractivity contribution is 7.16. The molecule has 2 aromatic heterocycles. The van der Waals surface area contributed by atoms with Crippen molar-refractivity contribution in [2.45, 2.75) is 39.4 Å². The minimum Gasteiger partial charge on any atom is -0.308 e. The molecule has 0 unspecified atom stereocenters. The zero-order valence-electron chi connectivity index (χ0n) is 10.9. The van der Waals surface area contributed by atoms with Gasteiger partial charge in [-0.05, 0) is 32.9 Å². The highest BCUT2D eigenvalue weighted by atomic mass is 35.5. The Morgan fingerprint density at radius 1 is 1.33 bits per heavy atom. The molecule has 0 aliphatic carbocycles. The lowest BCUT2D eigenvalue weighted by molar-refractivity contribution is 0.355. The number of hydrogen-bond donors (Lipinski definition) is 1. The normalized spacial score (nSPS) is 12.0. The third-order valence-corrected chi connectivity index (χ3v) is 3.81. The van der Waals surface area contributed by atoms with Gasteiger partial charge >= 0.3 is 0 Å². The topological polar surface area (TPSA) is 29.9 Å². The van der Waals surface area contributed by atoms with Crippen molar-refractivity contribution < 1.29 is 0 Å². The van der Waals surface area contributed by atoms with Crippen LogP contribution in [0.5, 0.6) is 0 Å². The second-order valence-corrected chi connectivity index (χ2v) is 7.07. The van der Waals surface area contributed by atoms with Crippen LogP contribution < -0.4 is 5.32 Å². The van der Waals surface area contributed by atoms with Crippen LogP contribution in [0.15, 0.2) is 24.5 Å². The Balaban J connectivity index is 1.85. The van der Waals surface area contributed by atoms with E-state index in [0.717, 1.165) is 17.4 Å². The van der Waals surface area contributed by atoms with Crippen molar-refractivity contribution >= 4 is 22.9 Å². The first-order valence-electron chi connectivity index (χ1n) is 5.94. The Hall–Kier alpha value is -0.840. The van der Waals surface area contributed by atoms with E-state index in [2.05, 4.69) is 43.4 Å². The summed E-state index contributed by atoms with van der Waals surface area (Å²) >= 11 is 7.50. The largest absolute Gasteiger partial charge is 0.308 e. The van der Waals surface area contributed by atoms with Gasteiger partial charge in [-0.1, -0.05) is 11.6 Å². The summed E-state index contributed by atoms with van der Waals surface area (Å²) in [6, 6.07) is 3.99. The fourth-order valence-corrected chi connectivity index (χ4v) is 2.65. The third kappa shape index (κ3) is 3.57. The van der Waals surface area contributed by atoms with Crippen molar-refractivity contribution in [1.82, 2.24) is 15.1 Å². The van der Waals surface area contributed by atoms with E-state index in [1.165, 1.54) is 10.4 Å². The molecule has 1 N–H and O–H groups in total. The lowest BCUT2D eigenvalue weighted by Crippen LogP contribution is -2.22. The second-order valence-electron chi connectivity index (χ2n) is 5.27. The highest BCUT2D eigenvalue weighted by Crippen LogP contribution is 2.21. The molecular weight excluding hydrogens is 266 g/mol. The van der Waals surface area contributed by atoms with Gasteiger partial charge < -0.3 is 5.32 Å². The molecule has 0 aliphatic rings. The number of aromatic nitrogens is 2. The van der Waals surface area contributed by atoms with Crippen molar-refractivity contribution in [1.29, 1.82) is 0 Å². The second kappa shape index (κ2) is 5.43. The van der Waals surface area contributed by atoms with Gasteiger partial charge in [-0.2, -0.15) is 5.10 Å². The average Bonchev–Trinajstić information content (AvgIpc) is 2.87. The lowest BCUT2D eigenvalue weighted by Gasteiger charge is -2.18. The Labute approximate surface area is 117 Å². The van der Waals surface area contributed by atoms with Crippen molar-refractivity contribution in [3.05, 3.63) is 39.3 Å². The van der Waals surface area contributed by atoms with E-state index >= 15 is 0 Å². The summed E-state index contributed by atoms with van der Waals surface area (Å²) in [6.45, 7) is 8.10. The fourth-order valence-electron chi connectivity index (χ4n) is 1.60. The predicted molar refractivity (Wildman–Crippen MR) is 77.1 cm³/mol. The third-order valence-electron chi connectivity index (χ3n) is 2.58. The van der Waals surface area contributed by atoms with E-state index < -0.39 is 0 Å². The monoisotopic (exact) mass is 283 g/mol. The first kappa shape index (κ1) is 13.6. The van der Waals surface area contributed by atoms with Gasteiger partial charge in [0, 0.05) is 29.7 Å². The number of thiophene rings is 1. The van der Waals surface area contributed by atoms with Crippen LogP contribution in [-0.4, -0.2) is 9.78 Å². The quantitative estimate of drug-likeness (QED) is 0.928. The summed E-state index contributed by atoms with van der Waals surface area (Å²) in [6.07, 6.45) is 4.01. The van der Waals surface area contributed by atoms with E-state index in [1.807, 2.05) is 16.9 Å². The number of rotatable bonds is 4. The van der Waals surface area contributed by atoms with Crippen LogP contribution in [0.25, 0.3) is 0 Å². The summed E-state index contributed by atoms with van der Waals surface area (Å²) in [7, 11) is 0. The minimum absolute atomic E-state index is 0.0412. The predicted octanol–water partition coefficient (Wildman–Crippen LogP) is 3.64. The maximum absolute atomic E-state index is 5.89. The van der Waals surface area contributed by atoms with Crippen LogP contribution in [0.4, 0.5) is 0 Å². The van der Waals surface area contributed by atoms with Gasteiger partial charge in [0.25, 0.3) is 0 Å². The Bertz CT molecular complexity index is 510. The molecule has 0 aliphatic heterocycles. The first-order valence-corrected chi connectivity index (χ1v) is 7.13. The summed E-state index contributed by atoms with van der Waals surface area (Å²) in [5.74, 6) is 0. The van der Waals surface area contributed by atoms with E-state index in [1.54, 1.807) is 11.3 Å². The van der Waals surface area contributed by atoms with Crippen LogP contribution in [0.3, 0.4) is 0 Å². The smallest absolute Gasteiger partial charge is 0.0931 e. The molecule has 2 heterocycles. The van der Waals surface area contributed by atoms with Gasteiger partial charge in [-0.15, -0.1) is 11.3 Å². The Morgan fingerprint density at radius 3 is 2.67 bits per heavy atom. The van der Waals surface area contributed by atoms with Crippen molar-refractivity contribution in [2.24, 2.45) is 0 Å². The molecule has 0 amide bonds. The Kier molecular flexibility index (Phi) is 4.10. The molecule has 0 fully saturated rings. The van der Waals surface area contributed by atoms with Gasteiger partial charge in [-0.25, -0.2) is 0 Å². The minimum atomic E-state index is 0.0412. The number of halogens is 1. The van der Waals surface area contributed by atoms with Gasteiger partial charge in [0.2, 0.25) is 0 Å². The fraction of sp³-hybridized carbons (Fsp3) is 0.462. The van der Waals surface area contributed by atoms with E-state index in [4.69, 9.17) is 11.6 Å². The summed E-state index contributed by atoms with van der Waals surface area (Å²) in [5, 5.41) is 7.77. The number of nitrogens with zero attached hydrogens (tertiary/aromatic N) is 2. The van der Waals surface area contributed by atoms with Crippen LogP contribution in [-0.2, 0) is 18.6 Å². The van der Waals surface area contributed by atoms with Crippen LogP contribution in [0.1, 0.15) is 31.2 Å². The molecule has 98 valence electrons. The maximum Gasteiger partial charge on any atom is 0.0931 e. The van der Waals surface area contributed by atoms with Crippen molar-refractivity contribution in [3.63, 3.8) is 0 Å². The van der Waals surface area contributed by atoms with Crippen LogP contribution in [0, 0.1) is 0 Å². The number of hydrogen-bond acceptors (Lipinski definition) is 3.